The number of aromatic nitrogens is 1. The van der Waals surface area contributed by atoms with Gasteiger partial charge < -0.3 is 9.47 Å². The number of carbonyl (C=O) groups excluding carboxylic acids is 1. The van der Waals surface area contributed by atoms with Crippen LogP contribution in [-0.2, 0) is 0 Å². The molecule has 4 nitrogen and oxygen atoms in total. The van der Waals surface area contributed by atoms with E-state index < -0.39 is 0 Å². The number of benzene rings is 2. The molecule has 0 radical (unpaired) electrons. The predicted octanol–water partition coefficient (Wildman–Crippen LogP) is 4.48. The fourth-order valence-corrected chi connectivity index (χ4v) is 3.53. The smallest absolute Gasteiger partial charge is 0.196 e. The molecule has 0 saturated heterocycles. The molecule has 2 heterocycles. The molecule has 1 aliphatic rings. The van der Waals surface area contributed by atoms with E-state index in [4.69, 9.17) is 9.47 Å². The number of thiazole rings is 1. The molecule has 25 heavy (non-hydrogen) atoms. The zero-order valence-corrected chi connectivity index (χ0v) is 14.4. The summed E-state index contributed by atoms with van der Waals surface area (Å²) >= 11 is 1.56. The number of hydrogen-bond donors (Lipinski definition) is 0. The second-order valence-corrected chi connectivity index (χ2v) is 6.43. The summed E-state index contributed by atoms with van der Waals surface area (Å²) in [6.07, 6.45) is 1.80. The highest BCUT2D eigenvalue weighted by atomic mass is 32.1. The lowest BCUT2D eigenvalue weighted by atomic mass is 9.99. The number of para-hydroxylation sites is 1. The molecule has 124 valence electrons. The van der Waals surface area contributed by atoms with E-state index >= 15 is 0 Å². The first-order chi connectivity index (χ1) is 12.3. The number of hydrogen-bond acceptors (Lipinski definition) is 5. The van der Waals surface area contributed by atoms with Crippen LogP contribution < -0.4 is 9.47 Å². The van der Waals surface area contributed by atoms with Crippen LogP contribution in [0.4, 0.5) is 0 Å². The lowest BCUT2D eigenvalue weighted by molar-refractivity contribution is 0.0999. The van der Waals surface area contributed by atoms with Gasteiger partial charge in [-0.2, -0.15) is 0 Å². The molecule has 2 aromatic carbocycles. The number of rotatable bonds is 3. The molecular formula is C20H15NO3S. The molecule has 0 N–H and O–H groups in total. The van der Waals surface area contributed by atoms with Crippen LogP contribution in [0, 0.1) is 0 Å². The van der Waals surface area contributed by atoms with Crippen molar-refractivity contribution in [1.29, 1.82) is 0 Å². The Morgan fingerprint density at radius 2 is 2.00 bits per heavy atom. The summed E-state index contributed by atoms with van der Waals surface area (Å²) in [6.45, 7) is 0.213. The van der Waals surface area contributed by atoms with Gasteiger partial charge in [0.05, 0.1) is 18.4 Å². The van der Waals surface area contributed by atoms with Crippen LogP contribution >= 0.6 is 11.3 Å². The van der Waals surface area contributed by atoms with Crippen molar-refractivity contribution >= 4 is 23.2 Å². The third-order valence-electron chi connectivity index (χ3n) is 3.97. The van der Waals surface area contributed by atoms with Gasteiger partial charge in [0.15, 0.2) is 17.3 Å². The van der Waals surface area contributed by atoms with Gasteiger partial charge in [0.1, 0.15) is 11.6 Å². The maximum absolute atomic E-state index is 12.7. The third-order valence-corrected chi connectivity index (χ3v) is 4.88. The largest absolute Gasteiger partial charge is 0.493 e. The van der Waals surface area contributed by atoms with Gasteiger partial charge in [-0.3, -0.25) is 4.79 Å². The quantitative estimate of drug-likeness (QED) is 0.654. The zero-order chi connectivity index (χ0) is 17.2. The standard InChI is InChI=1S/C20H15NO3S/c1-23-17-9-5-8-16-18(22)14(11-24-19(16)17)10-15-12-25-20(21-15)13-6-3-2-4-7-13/h2-10,12H,11H2,1H3/b14-10+. The average molecular weight is 349 g/mol. The first kappa shape index (κ1) is 15.6. The van der Waals surface area contributed by atoms with Gasteiger partial charge in [-0.05, 0) is 18.2 Å². The Kier molecular flexibility index (Phi) is 4.07. The maximum Gasteiger partial charge on any atom is 0.196 e. The third kappa shape index (κ3) is 2.94. The summed E-state index contributed by atoms with van der Waals surface area (Å²) in [5.74, 6) is 1.04. The van der Waals surface area contributed by atoms with Crippen molar-refractivity contribution in [3.8, 4) is 22.1 Å². The van der Waals surface area contributed by atoms with E-state index in [0.717, 1.165) is 16.3 Å². The van der Waals surface area contributed by atoms with E-state index in [9.17, 15) is 4.79 Å². The Hall–Kier alpha value is -2.92. The number of ketones is 1. The van der Waals surface area contributed by atoms with E-state index in [1.807, 2.05) is 35.7 Å². The normalized spacial score (nSPS) is 14.9. The molecule has 1 aromatic heterocycles. The topological polar surface area (TPSA) is 48.4 Å². The molecule has 0 bridgehead atoms. The average Bonchev–Trinajstić information content (AvgIpc) is 3.13. The minimum absolute atomic E-state index is 0.0468. The van der Waals surface area contributed by atoms with Gasteiger partial charge in [0.25, 0.3) is 0 Å². The summed E-state index contributed by atoms with van der Waals surface area (Å²) in [7, 11) is 1.56. The maximum atomic E-state index is 12.7. The van der Waals surface area contributed by atoms with Gasteiger partial charge in [0.2, 0.25) is 0 Å². The Morgan fingerprint density at radius 1 is 1.16 bits per heavy atom. The van der Waals surface area contributed by atoms with Crippen molar-refractivity contribution in [3.05, 3.63) is 70.7 Å². The lowest BCUT2D eigenvalue weighted by Crippen LogP contribution is -2.19. The molecular weight excluding hydrogens is 334 g/mol. The first-order valence-electron chi connectivity index (χ1n) is 7.82. The molecule has 1 aliphatic heterocycles. The summed E-state index contributed by atoms with van der Waals surface area (Å²) in [5.41, 5.74) is 2.95. The number of carbonyl (C=O) groups is 1. The number of methoxy groups -OCH3 is 1. The summed E-state index contributed by atoms with van der Waals surface area (Å²) < 4.78 is 11.0. The Labute approximate surface area is 149 Å². The lowest BCUT2D eigenvalue weighted by Gasteiger charge is -2.20. The Morgan fingerprint density at radius 3 is 2.80 bits per heavy atom. The zero-order valence-electron chi connectivity index (χ0n) is 13.6. The van der Waals surface area contributed by atoms with Gasteiger partial charge in [0, 0.05) is 16.5 Å². The monoisotopic (exact) mass is 349 g/mol. The minimum Gasteiger partial charge on any atom is -0.493 e. The van der Waals surface area contributed by atoms with Crippen LogP contribution in [0.15, 0.2) is 59.5 Å². The molecule has 0 unspecified atom stereocenters. The fraction of sp³-hybridized carbons (Fsp3) is 0.100. The molecule has 5 heteroatoms. The van der Waals surface area contributed by atoms with E-state index in [1.54, 1.807) is 42.7 Å². The van der Waals surface area contributed by atoms with E-state index in [-0.39, 0.29) is 12.4 Å². The second-order valence-electron chi connectivity index (χ2n) is 5.57. The first-order valence-corrected chi connectivity index (χ1v) is 8.70. The number of ether oxygens (including phenoxy) is 2. The number of Topliss-reactive ketones (excluding diaryl/α,β-unsaturated/α-hetero) is 1. The molecule has 0 atom stereocenters. The summed E-state index contributed by atoms with van der Waals surface area (Å²) in [4.78, 5) is 17.3. The van der Waals surface area contributed by atoms with Crippen LogP contribution in [0.3, 0.4) is 0 Å². The Balaban J connectivity index is 1.65. The predicted molar refractivity (Wildman–Crippen MR) is 98.3 cm³/mol. The van der Waals surface area contributed by atoms with E-state index in [0.29, 0.717) is 22.6 Å². The highest BCUT2D eigenvalue weighted by Crippen LogP contribution is 2.36. The SMILES string of the molecule is COc1cccc2c1OC/C(=C\c1csc(-c3ccccc3)n1)C2=O. The Bertz CT molecular complexity index is 960. The summed E-state index contributed by atoms with van der Waals surface area (Å²) in [5, 5.41) is 2.88. The van der Waals surface area contributed by atoms with Crippen LogP contribution in [0.5, 0.6) is 11.5 Å². The van der Waals surface area contributed by atoms with Crippen molar-refractivity contribution in [1.82, 2.24) is 4.98 Å². The van der Waals surface area contributed by atoms with Crippen LogP contribution in [-0.4, -0.2) is 24.5 Å². The van der Waals surface area contributed by atoms with E-state index in [2.05, 4.69) is 4.98 Å². The molecule has 0 fully saturated rings. The number of nitrogens with zero attached hydrogens (tertiary/aromatic N) is 1. The van der Waals surface area contributed by atoms with Gasteiger partial charge in [-0.15, -0.1) is 11.3 Å². The highest BCUT2D eigenvalue weighted by molar-refractivity contribution is 7.13. The van der Waals surface area contributed by atoms with Crippen molar-refractivity contribution in [2.45, 2.75) is 0 Å². The molecule has 4 rings (SSSR count). The van der Waals surface area contributed by atoms with Crippen molar-refractivity contribution in [2.75, 3.05) is 13.7 Å². The molecule has 0 saturated carbocycles. The van der Waals surface area contributed by atoms with Crippen LogP contribution in [0.25, 0.3) is 16.6 Å². The fourth-order valence-electron chi connectivity index (χ4n) is 2.74. The molecule has 0 spiro atoms. The van der Waals surface area contributed by atoms with Crippen LogP contribution in [0.1, 0.15) is 16.1 Å². The van der Waals surface area contributed by atoms with Crippen LogP contribution in [0.2, 0.25) is 0 Å². The minimum atomic E-state index is -0.0468. The summed E-state index contributed by atoms with van der Waals surface area (Å²) in [6, 6.07) is 15.3. The van der Waals surface area contributed by atoms with Crippen molar-refractivity contribution in [2.24, 2.45) is 0 Å². The van der Waals surface area contributed by atoms with Gasteiger partial charge in [-0.1, -0.05) is 36.4 Å². The molecule has 0 aliphatic carbocycles. The van der Waals surface area contributed by atoms with Crippen molar-refractivity contribution in [3.63, 3.8) is 0 Å². The second kappa shape index (κ2) is 6.53. The molecule has 3 aromatic rings. The van der Waals surface area contributed by atoms with Gasteiger partial charge in [-0.25, -0.2) is 4.98 Å². The molecule has 0 amide bonds. The van der Waals surface area contributed by atoms with Gasteiger partial charge >= 0.3 is 0 Å². The number of fused-ring (bicyclic) bond motifs is 1. The van der Waals surface area contributed by atoms with Crippen molar-refractivity contribution < 1.29 is 14.3 Å². The van der Waals surface area contributed by atoms with E-state index in [1.165, 1.54) is 0 Å². The highest BCUT2D eigenvalue weighted by Gasteiger charge is 2.26.